The second kappa shape index (κ2) is 8.18. The number of nitrogens with zero attached hydrogens (tertiary/aromatic N) is 1. The average molecular weight is 376 g/mol. The molecule has 6 heteroatoms. The first-order chi connectivity index (χ1) is 12.5. The smallest absolute Gasteiger partial charge is 0.240 e. The van der Waals surface area contributed by atoms with Gasteiger partial charge in [0, 0.05) is 25.3 Å². The van der Waals surface area contributed by atoms with E-state index in [0.717, 1.165) is 25.6 Å². The Hall–Kier alpha value is -1.92. The van der Waals surface area contributed by atoms with Crippen LogP contribution in [-0.2, 0) is 16.4 Å². The van der Waals surface area contributed by atoms with Gasteiger partial charge in [0.05, 0.1) is 4.90 Å². The normalized spacial score (nSPS) is 14.8. The minimum atomic E-state index is -3.68. The van der Waals surface area contributed by atoms with Crippen LogP contribution >= 0.6 is 0 Å². The van der Waals surface area contributed by atoms with Crippen molar-refractivity contribution in [2.75, 3.05) is 24.5 Å². The molecule has 4 nitrogen and oxygen atoms in total. The number of hydrogen-bond acceptors (Lipinski definition) is 3. The van der Waals surface area contributed by atoms with Crippen LogP contribution in [0.1, 0.15) is 30.4 Å². The molecule has 0 amide bonds. The average Bonchev–Trinajstić information content (AvgIpc) is 3.16. The second-order valence-electron chi connectivity index (χ2n) is 6.77. The highest BCUT2D eigenvalue weighted by Gasteiger charge is 2.17. The highest BCUT2D eigenvalue weighted by atomic mass is 32.2. The van der Waals surface area contributed by atoms with Crippen molar-refractivity contribution in [3.63, 3.8) is 0 Å². The summed E-state index contributed by atoms with van der Waals surface area (Å²) in [6.45, 7) is 4.24. The monoisotopic (exact) mass is 376 g/mol. The molecular weight excluding hydrogens is 351 g/mol. The number of nitrogens with one attached hydrogen (secondary N) is 1. The Labute approximate surface area is 155 Å². The van der Waals surface area contributed by atoms with Crippen molar-refractivity contribution in [3.05, 3.63) is 59.4 Å². The van der Waals surface area contributed by atoms with Crippen LogP contribution in [0.2, 0.25) is 0 Å². The van der Waals surface area contributed by atoms with Gasteiger partial charge in [-0.05, 0) is 68.0 Å². The maximum Gasteiger partial charge on any atom is 0.240 e. The Kier molecular flexibility index (Phi) is 5.94. The SMILES string of the molecule is Cc1ccc(F)cc1S(=O)(=O)NCCCc1ccc(N2CCCC2)cc1. The molecule has 1 aliphatic rings. The molecule has 0 saturated carbocycles. The summed E-state index contributed by atoms with van der Waals surface area (Å²) in [6.07, 6.45) is 4.00. The fraction of sp³-hybridized carbons (Fsp3) is 0.400. The summed E-state index contributed by atoms with van der Waals surface area (Å²) in [7, 11) is -3.68. The van der Waals surface area contributed by atoms with Gasteiger partial charge in [-0.1, -0.05) is 18.2 Å². The van der Waals surface area contributed by atoms with Crippen LogP contribution in [0.5, 0.6) is 0 Å². The Morgan fingerprint density at radius 2 is 1.77 bits per heavy atom. The van der Waals surface area contributed by atoms with Crippen LogP contribution in [0.15, 0.2) is 47.4 Å². The van der Waals surface area contributed by atoms with E-state index in [1.54, 1.807) is 6.92 Å². The van der Waals surface area contributed by atoms with Crippen LogP contribution in [0.25, 0.3) is 0 Å². The van der Waals surface area contributed by atoms with Gasteiger partial charge in [-0.3, -0.25) is 0 Å². The van der Waals surface area contributed by atoms with Crippen molar-refractivity contribution in [2.24, 2.45) is 0 Å². The Morgan fingerprint density at radius 1 is 1.08 bits per heavy atom. The first kappa shape index (κ1) is 18.9. The fourth-order valence-electron chi connectivity index (χ4n) is 3.29. The van der Waals surface area contributed by atoms with Crippen molar-refractivity contribution in [2.45, 2.75) is 37.5 Å². The topological polar surface area (TPSA) is 49.4 Å². The summed E-state index contributed by atoms with van der Waals surface area (Å²) in [5.41, 5.74) is 2.99. The largest absolute Gasteiger partial charge is 0.372 e. The molecule has 1 heterocycles. The van der Waals surface area contributed by atoms with Gasteiger partial charge in [0.15, 0.2) is 0 Å². The zero-order valence-corrected chi connectivity index (χ0v) is 15.9. The molecule has 140 valence electrons. The van der Waals surface area contributed by atoms with Crippen LogP contribution in [0.4, 0.5) is 10.1 Å². The highest BCUT2D eigenvalue weighted by Crippen LogP contribution is 2.21. The van der Waals surface area contributed by atoms with Gasteiger partial charge in [0.2, 0.25) is 10.0 Å². The van der Waals surface area contributed by atoms with Crippen molar-refractivity contribution in [1.29, 1.82) is 0 Å². The van der Waals surface area contributed by atoms with Crippen molar-refractivity contribution < 1.29 is 12.8 Å². The lowest BCUT2D eigenvalue weighted by molar-refractivity contribution is 0.574. The molecule has 26 heavy (non-hydrogen) atoms. The first-order valence-corrected chi connectivity index (χ1v) is 10.5. The number of rotatable bonds is 7. The van der Waals surface area contributed by atoms with Gasteiger partial charge in [-0.2, -0.15) is 0 Å². The maximum atomic E-state index is 13.3. The van der Waals surface area contributed by atoms with Crippen molar-refractivity contribution in [3.8, 4) is 0 Å². The van der Waals surface area contributed by atoms with E-state index >= 15 is 0 Å². The third kappa shape index (κ3) is 4.62. The van der Waals surface area contributed by atoms with E-state index in [9.17, 15) is 12.8 Å². The molecule has 0 aromatic heterocycles. The third-order valence-corrected chi connectivity index (χ3v) is 6.38. The van der Waals surface area contributed by atoms with Crippen LogP contribution in [-0.4, -0.2) is 28.1 Å². The van der Waals surface area contributed by atoms with Gasteiger partial charge in [-0.25, -0.2) is 17.5 Å². The van der Waals surface area contributed by atoms with Gasteiger partial charge in [0.25, 0.3) is 0 Å². The van der Waals surface area contributed by atoms with Gasteiger partial charge in [-0.15, -0.1) is 0 Å². The quantitative estimate of drug-likeness (QED) is 0.751. The van der Waals surface area contributed by atoms with Crippen molar-refractivity contribution >= 4 is 15.7 Å². The van der Waals surface area contributed by atoms with Gasteiger partial charge in [0.1, 0.15) is 5.82 Å². The number of sulfonamides is 1. The lowest BCUT2D eigenvalue weighted by atomic mass is 10.1. The van der Waals surface area contributed by atoms with Gasteiger partial charge < -0.3 is 4.90 Å². The van der Waals surface area contributed by atoms with Crippen LogP contribution < -0.4 is 9.62 Å². The lowest BCUT2D eigenvalue weighted by Gasteiger charge is -2.17. The molecule has 1 fully saturated rings. The number of halogens is 1. The minimum absolute atomic E-state index is 0.00691. The summed E-state index contributed by atoms with van der Waals surface area (Å²) in [6, 6.07) is 12.3. The Balaban J connectivity index is 1.51. The summed E-state index contributed by atoms with van der Waals surface area (Å²) in [5.74, 6) is -0.547. The minimum Gasteiger partial charge on any atom is -0.372 e. The molecule has 1 aliphatic heterocycles. The number of aryl methyl sites for hydroxylation is 2. The second-order valence-corrected chi connectivity index (χ2v) is 8.51. The summed E-state index contributed by atoms with van der Waals surface area (Å²) in [4.78, 5) is 2.40. The van der Waals surface area contributed by atoms with E-state index in [0.29, 0.717) is 18.5 Å². The molecule has 0 atom stereocenters. The maximum absolute atomic E-state index is 13.3. The molecule has 1 N–H and O–H groups in total. The Morgan fingerprint density at radius 3 is 2.46 bits per heavy atom. The molecule has 2 aromatic carbocycles. The molecule has 0 unspecified atom stereocenters. The molecule has 1 saturated heterocycles. The van der Waals surface area contributed by atoms with E-state index in [1.165, 1.54) is 36.2 Å². The molecule has 0 bridgehead atoms. The number of hydrogen-bond donors (Lipinski definition) is 1. The third-order valence-electron chi connectivity index (χ3n) is 4.78. The van der Waals surface area contributed by atoms with E-state index in [1.807, 2.05) is 0 Å². The summed E-state index contributed by atoms with van der Waals surface area (Å²) in [5, 5.41) is 0. The predicted molar refractivity (Wildman–Crippen MR) is 103 cm³/mol. The fourth-order valence-corrected chi connectivity index (χ4v) is 4.62. The molecule has 0 spiro atoms. The van der Waals surface area contributed by atoms with E-state index in [4.69, 9.17) is 0 Å². The zero-order chi connectivity index (χ0) is 18.6. The number of benzene rings is 2. The molecule has 0 radical (unpaired) electrons. The van der Waals surface area contributed by atoms with Crippen LogP contribution in [0.3, 0.4) is 0 Å². The Bertz CT molecular complexity index is 845. The lowest BCUT2D eigenvalue weighted by Crippen LogP contribution is -2.26. The summed E-state index contributed by atoms with van der Waals surface area (Å²) < 4.78 is 40.6. The van der Waals surface area contributed by atoms with E-state index in [2.05, 4.69) is 33.9 Å². The molecule has 0 aliphatic carbocycles. The predicted octanol–water partition coefficient (Wildman–Crippen LogP) is 3.65. The first-order valence-electron chi connectivity index (χ1n) is 9.05. The molecular formula is C20H25FN2O2S. The number of anilines is 1. The zero-order valence-electron chi connectivity index (χ0n) is 15.0. The molecule has 2 aromatic rings. The molecule has 3 rings (SSSR count). The van der Waals surface area contributed by atoms with E-state index in [-0.39, 0.29) is 4.90 Å². The standard InChI is InChI=1S/C20H25FN2O2S/c1-16-6-9-18(21)15-20(16)26(24,25)22-12-4-5-17-7-10-19(11-8-17)23-13-2-3-14-23/h6-11,15,22H,2-5,12-14H2,1H3. The van der Waals surface area contributed by atoms with Gasteiger partial charge >= 0.3 is 0 Å². The van der Waals surface area contributed by atoms with Crippen LogP contribution in [0, 0.1) is 12.7 Å². The van der Waals surface area contributed by atoms with Crippen molar-refractivity contribution in [1.82, 2.24) is 4.72 Å². The highest BCUT2D eigenvalue weighted by molar-refractivity contribution is 7.89. The van der Waals surface area contributed by atoms with E-state index < -0.39 is 15.8 Å². The summed E-state index contributed by atoms with van der Waals surface area (Å²) >= 11 is 0.